The van der Waals surface area contributed by atoms with Crippen molar-refractivity contribution in [2.75, 3.05) is 30.6 Å². The summed E-state index contributed by atoms with van der Waals surface area (Å²) < 4.78 is 11.6. The monoisotopic (exact) mass is 424 g/mol. The molecule has 0 saturated heterocycles. The van der Waals surface area contributed by atoms with Crippen LogP contribution in [0.4, 0.5) is 17.2 Å². The minimum Gasteiger partial charge on any atom is -0.493 e. The maximum absolute atomic E-state index is 12.6. The Labute approximate surface area is 179 Å². The number of rotatable bonds is 7. The fourth-order valence-corrected chi connectivity index (χ4v) is 2.90. The zero-order valence-electron chi connectivity index (χ0n) is 17.7. The summed E-state index contributed by atoms with van der Waals surface area (Å²) in [6, 6.07) is 10.7. The Bertz CT molecular complexity index is 1130. The molecule has 0 saturated carbocycles. The number of nitrogens with zero attached hydrogens (tertiary/aromatic N) is 3. The van der Waals surface area contributed by atoms with E-state index in [4.69, 9.17) is 15.2 Å². The van der Waals surface area contributed by atoms with E-state index < -0.39 is 11.8 Å². The number of nitrogens with two attached hydrogens (primary N) is 1. The predicted octanol–water partition coefficient (Wildman–Crippen LogP) is 2.39. The van der Waals surface area contributed by atoms with E-state index in [1.165, 1.54) is 14.2 Å². The number of aromatic nitrogens is 3. The van der Waals surface area contributed by atoms with Gasteiger partial charge in [0.05, 0.1) is 14.2 Å². The van der Waals surface area contributed by atoms with Crippen LogP contribution in [0.1, 0.15) is 21.6 Å². The van der Waals surface area contributed by atoms with Gasteiger partial charge in [-0.3, -0.25) is 9.59 Å². The van der Waals surface area contributed by atoms with E-state index in [0.717, 1.165) is 15.8 Å². The highest BCUT2D eigenvalue weighted by molar-refractivity contribution is 6.06. The first-order valence-electron chi connectivity index (χ1n) is 9.41. The molecule has 0 aliphatic rings. The van der Waals surface area contributed by atoms with Crippen LogP contribution < -0.4 is 25.8 Å². The van der Waals surface area contributed by atoms with Crippen LogP contribution in [-0.2, 0) is 11.3 Å². The molecule has 0 radical (unpaired) electrons. The van der Waals surface area contributed by atoms with Gasteiger partial charge >= 0.3 is 0 Å². The van der Waals surface area contributed by atoms with Crippen molar-refractivity contribution < 1.29 is 19.1 Å². The van der Waals surface area contributed by atoms with Crippen molar-refractivity contribution in [2.45, 2.75) is 20.4 Å². The molecule has 0 spiro atoms. The van der Waals surface area contributed by atoms with Gasteiger partial charge in [0.25, 0.3) is 5.91 Å². The number of nitrogens with one attached hydrogen (secondary N) is 2. The number of anilines is 3. The summed E-state index contributed by atoms with van der Waals surface area (Å²) in [5.41, 5.74) is 9.03. The number of amides is 2. The zero-order chi connectivity index (χ0) is 22.5. The van der Waals surface area contributed by atoms with Gasteiger partial charge < -0.3 is 25.8 Å². The number of nitrogen functional groups attached to an aromatic ring is 1. The van der Waals surface area contributed by atoms with E-state index in [-0.39, 0.29) is 18.1 Å². The van der Waals surface area contributed by atoms with Gasteiger partial charge in [0.2, 0.25) is 5.91 Å². The van der Waals surface area contributed by atoms with Crippen molar-refractivity contribution in [3.63, 3.8) is 0 Å². The maximum Gasteiger partial charge on any atom is 0.280 e. The highest BCUT2D eigenvalue weighted by Crippen LogP contribution is 2.29. The summed E-state index contributed by atoms with van der Waals surface area (Å²) in [5.74, 6) is 0.111. The third-order valence-corrected chi connectivity index (χ3v) is 4.59. The van der Waals surface area contributed by atoms with Crippen LogP contribution in [0.25, 0.3) is 0 Å². The van der Waals surface area contributed by atoms with Crippen molar-refractivity contribution in [1.29, 1.82) is 0 Å². The van der Waals surface area contributed by atoms with E-state index in [0.29, 0.717) is 22.9 Å². The maximum atomic E-state index is 12.6. The second-order valence-electron chi connectivity index (χ2n) is 6.87. The van der Waals surface area contributed by atoms with E-state index in [2.05, 4.69) is 20.9 Å². The topological polar surface area (TPSA) is 133 Å². The van der Waals surface area contributed by atoms with Gasteiger partial charge in [0.15, 0.2) is 23.0 Å². The van der Waals surface area contributed by atoms with Gasteiger partial charge in [-0.2, -0.15) is 0 Å². The lowest BCUT2D eigenvalue weighted by molar-refractivity contribution is -0.116. The Morgan fingerprint density at radius 1 is 1.03 bits per heavy atom. The number of aryl methyl sites for hydroxylation is 2. The van der Waals surface area contributed by atoms with Crippen molar-refractivity contribution >= 4 is 29.0 Å². The van der Waals surface area contributed by atoms with E-state index in [1.807, 2.05) is 32.0 Å². The van der Waals surface area contributed by atoms with Crippen LogP contribution in [0.3, 0.4) is 0 Å². The fourth-order valence-electron chi connectivity index (χ4n) is 2.90. The minimum absolute atomic E-state index is 0.00901. The summed E-state index contributed by atoms with van der Waals surface area (Å²) in [7, 11) is 3.03. The highest BCUT2D eigenvalue weighted by Gasteiger charge is 2.20. The second-order valence-corrected chi connectivity index (χ2v) is 6.87. The van der Waals surface area contributed by atoms with Crippen LogP contribution in [0.2, 0.25) is 0 Å². The number of hydrogen-bond donors (Lipinski definition) is 3. The normalized spacial score (nSPS) is 10.5. The Morgan fingerprint density at radius 3 is 2.48 bits per heavy atom. The second kappa shape index (κ2) is 9.16. The van der Waals surface area contributed by atoms with Gasteiger partial charge in [-0.1, -0.05) is 17.3 Å². The molecule has 162 valence electrons. The third-order valence-electron chi connectivity index (χ3n) is 4.59. The molecule has 1 heterocycles. The SMILES string of the molecule is COc1ccc(NC(=O)Cn2nnc(C(=O)Nc3cc(C)ccc3C)c2N)cc1OC. The molecule has 0 unspecified atom stereocenters. The number of methoxy groups -OCH3 is 2. The van der Waals surface area contributed by atoms with Gasteiger partial charge in [-0.05, 0) is 43.2 Å². The van der Waals surface area contributed by atoms with Crippen molar-refractivity contribution in [2.24, 2.45) is 0 Å². The zero-order valence-corrected chi connectivity index (χ0v) is 17.7. The van der Waals surface area contributed by atoms with Crippen LogP contribution in [0.15, 0.2) is 36.4 Å². The van der Waals surface area contributed by atoms with E-state index >= 15 is 0 Å². The molecule has 0 aliphatic heterocycles. The highest BCUT2D eigenvalue weighted by atomic mass is 16.5. The average Bonchev–Trinajstić information content (AvgIpc) is 3.10. The molecule has 3 rings (SSSR count). The summed E-state index contributed by atoms with van der Waals surface area (Å²) in [6.45, 7) is 3.59. The van der Waals surface area contributed by atoms with Crippen LogP contribution in [-0.4, -0.2) is 41.0 Å². The molecule has 10 heteroatoms. The smallest absolute Gasteiger partial charge is 0.280 e. The number of ether oxygens (including phenoxy) is 2. The fraction of sp³-hybridized carbons (Fsp3) is 0.238. The number of hydrogen-bond acceptors (Lipinski definition) is 7. The van der Waals surface area contributed by atoms with Gasteiger partial charge in [-0.25, -0.2) is 4.68 Å². The van der Waals surface area contributed by atoms with Crippen molar-refractivity contribution in [1.82, 2.24) is 15.0 Å². The lowest BCUT2D eigenvalue weighted by Crippen LogP contribution is -2.21. The standard InChI is InChI=1S/C21H24N6O4/c1-12-5-6-13(2)15(9-12)24-21(29)19-20(22)27(26-25-19)11-18(28)23-14-7-8-16(30-3)17(10-14)31-4/h5-10H,11,22H2,1-4H3,(H,23,28)(H,24,29). The largest absolute Gasteiger partial charge is 0.493 e. The molecular weight excluding hydrogens is 400 g/mol. The van der Waals surface area contributed by atoms with Crippen LogP contribution >= 0.6 is 0 Å². The molecule has 0 atom stereocenters. The Morgan fingerprint density at radius 2 is 1.77 bits per heavy atom. The molecule has 31 heavy (non-hydrogen) atoms. The summed E-state index contributed by atoms with van der Waals surface area (Å²) in [4.78, 5) is 25.0. The molecule has 4 N–H and O–H groups in total. The van der Waals surface area contributed by atoms with Crippen LogP contribution in [0, 0.1) is 13.8 Å². The third kappa shape index (κ3) is 4.92. The molecule has 0 aliphatic carbocycles. The quantitative estimate of drug-likeness (QED) is 0.530. The predicted molar refractivity (Wildman–Crippen MR) is 116 cm³/mol. The Kier molecular flexibility index (Phi) is 6.39. The molecule has 2 aromatic carbocycles. The Hall–Kier alpha value is -4.08. The molecular formula is C21H24N6O4. The van der Waals surface area contributed by atoms with Gasteiger partial charge in [0, 0.05) is 17.4 Å². The Balaban J connectivity index is 1.69. The van der Waals surface area contributed by atoms with E-state index in [1.54, 1.807) is 18.2 Å². The van der Waals surface area contributed by atoms with Crippen LogP contribution in [0.5, 0.6) is 11.5 Å². The number of carbonyl (C=O) groups is 2. The minimum atomic E-state index is -0.502. The molecule has 10 nitrogen and oxygen atoms in total. The first-order valence-corrected chi connectivity index (χ1v) is 9.41. The summed E-state index contributed by atoms with van der Waals surface area (Å²) in [6.07, 6.45) is 0. The molecule has 0 fully saturated rings. The summed E-state index contributed by atoms with van der Waals surface area (Å²) >= 11 is 0. The van der Waals surface area contributed by atoms with Crippen molar-refractivity contribution in [3.8, 4) is 11.5 Å². The number of carbonyl (C=O) groups excluding carboxylic acids is 2. The molecule has 3 aromatic rings. The molecule has 0 bridgehead atoms. The van der Waals surface area contributed by atoms with Crippen molar-refractivity contribution in [3.05, 3.63) is 53.2 Å². The number of benzene rings is 2. The first-order chi connectivity index (χ1) is 14.8. The van der Waals surface area contributed by atoms with E-state index in [9.17, 15) is 9.59 Å². The lowest BCUT2D eigenvalue weighted by Gasteiger charge is -2.11. The summed E-state index contributed by atoms with van der Waals surface area (Å²) in [5, 5.41) is 13.2. The first kappa shape index (κ1) is 21.6. The molecule has 1 aromatic heterocycles. The van der Waals surface area contributed by atoms with Gasteiger partial charge in [-0.15, -0.1) is 5.10 Å². The lowest BCUT2D eigenvalue weighted by atomic mass is 10.1. The molecule has 2 amide bonds. The van der Waals surface area contributed by atoms with Gasteiger partial charge in [0.1, 0.15) is 6.54 Å². The average molecular weight is 424 g/mol.